The average molecular weight is 207 g/mol. The second-order valence-corrected chi connectivity index (χ2v) is 3.87. The molecule has 0 nitrogen and oxygen atoms in total. The summed E-state index contributed by atoms with van der Waals surface area (Å²) in [6, 6.07) is 20.5. The molecule has 1 unspecified atom stereocenters. The first-order valence-electron chi connectivity index (χ1n) is 5.55. The number of hydrogen-bond acceptors (Lipinski definition) is 0. The molecule has 0 aromatic heterocycles. The van der Waals surface area contributed by atoms with Gasteiger partial charge in [0, 0.05) is 0 Å². The lowest BCUT2D eigenvalue weighted by Crippen LogP contribution is -1.94. The van der Waals surface area contributed by atoms with Gasteiger partial charge >= 0.3 is 0 Å². The van der Waals surface area contributed by atoms with Gasteiger partial charge in [-0.2, -0.15) is 0 Å². The van der Waals surface area contributed by atoms with Gasteiger partial charge in [-0.15, -0.1) is 0 Å². The normalized spacial score (nSPS) is 12.3. The Labute approximate surface area is 97.9 Å². The summed E-state index contributed by atoms with van der Waals surface area (Å²) in [6.07, 6.45) is 3.05. The second-order valence-electron chi connectivity index (χ2n) is 3.87. The van der Waals surface area contributed by atoms with Crippen LogP contribution in [0, 0.1) is 13.3 Å². The van der Waals surface area contributed by atoms with Crippen LogP contribution in [0.5, 0.6) is 0 Å². The number of benzene rings is 2. The monoisotopic (exact) mass is 207 g/mol. The van der Waals surface area contributed by atoms with Crippen LogP contribution in [-0.2, 0) is 0 Å². The Morgan fingerprint density at radius 3 is 2.06 bits per heavy atom. The Morgan fingerprint density at radius 2 is 1.44 bits per heavy atom. The van der Waals surface area contributed by atoms with Crippen molar-refractivity contribution in [1.29, 1.82) is 0 Å². The fraction of sp³-hybridized carbons (Fsp3) is 0.125. The highest BCUT2D eigenvalue weighted by Crippen LogP contribution is 2.21. The van der Waals surface area contributed by atoms with Crippen LogP contribution in [0.4, 0.5) is 0 Å². The summed E-state index contributed by atoms with van der Waals surface area (Å²) in [5.74, 6) is 0.0846. The van der Waals surface area contributed by atoms with Crippen molar-refractivity contribution in [3.8, 4) is 0 Å². The Hall–Kier alpha value is -1.56. The summed E-state index contributed by atoms with van der Waals surface area (Å²) in [4.78, 5) is 0. The van der Waals surface area contributed by atoms with Crippen molar-refractivity contribution < 1.29 is 0 Å². The summed E-state index contributed by atoms with van der Waals surface area (Å²) in [5, 5.41) is 0. The van der Waals surface area contributed by atoms with Gasteiger partial charge in [0.25, 0.3) is 0 Å². The third kappa shape index (κ3) is 2.96. The van der Waals surface area contributed by atoms with Crippen molar-refractivity contribution in [2.75, 3.05) is 0 Å². The lowest BCUT2D eigenvalue weighted by molar-refractivity contribution is 0.826. The van der Waals surface area contributed by atoms with Gasteiger partial charge < -0.3 is 0 Å². The molecule has 0 fully saturated rings. The number of hydrogen-bond donors (Lipinski definition) is 0. The molecule has 2 aromatic carbocycles. The Balaban J connectivity index is 1.92. The molecule has 0 aliphatic heterocycles. The minimum atomic E-state index is 0.0846. The molecular formula is C16H15. The van der Waals surface area contributed by atoms with E-state index in [1.165, 1.54) is 11.1 Å². The van der Waals surface area contributed by atoms with Gasteiger partial charge in [-0.25, -0.2) is 0 Å². The zero-order chi connectivity index (χ0) is 11.2. The van der Waals surface area contributed by atoms with E-state index in [4.69, 9.17) is 6.92 Å². The predicted molar refractivity (Wildman–Crippen MR) is 67.9 cm³/mol. The zero-order valence-corrected chi connectivity index (χ0v) is 9.21. The van der Waals surface area contributed by atoms with Gasteiger partial charge in [-0.3, -0.25) is 0 Å². The standard InChI is InChI=1S/C16H15/c1-14(16-10-6-3-7-11-16)12-13-15-8-4-2-5-9-15/h1-11,13-14H,12H2. The summed E-state index contributed by atoms with van der Waals surface area (Å²) in [7, 11) is 0. The molecule has 16 heavy (non-hydrogen) atoms. The molecule has 0 N–H and O–H groups in total. The highest BCUT2D eigenvalue weighted by atomic mass is 14.1. The van der Waals surface area contributed by atoms with Crippen molar-refractivity contribution in [3.05, 3.63) is 85.1 Å². The smallest absolute Gasteiger partial charge is 0.00869 e. The third-order valence-electron chi connectivity index (χ3n) is 2.63. The van der Waals surface area contributed by atoms with E-state index in [2.05, 4.69) is 30.7 Å². The maximum absolute atomic E-state index is 6.11. The predicted octanol–water partition coefficient (Wildman–Crippen LogP) is 4.12. The van der Waals surface area contributed by atoms with Crippen molar-refractivity contribution in [2.45, 2.75) is 12.3 Å². The van der Waals surface area contributed by atoms with Crippen molar-refractivity contribution in [2.24, 2.45) is 0 Å². The largest absolute Gasteiger partial charge is 0.0622 e. The van der Waals surface area contributed by atoms with Crippen LogP contribution in [0.3, 0.4) is 0 Å². The quantitative estimate of drug-likeness (QED) is 0.707. The summed E-state index contributed by atoms with van der Waals surface area (Å²) >= 11 is 0. The van der Waals surface area contributed by atoms with Crippen LogP contribution < -0.4 is 0 Å². The summed E-state index contributed by atoms with van der Waals surface area (Å²) in [5.41, 5.74) is 2.42. The van der Waals surface area contributed by atoms with E-state index in [-0.39, 0.29) is 5.92 Å². The summed E-state index contributed by atoms with van der Waals surface area (Å²) < 4.78 is 0. The van der Waals surface area contributed by atoms with Crippen LogP contribution in [-0.4, -0.2) is 0 Å². The minimum Gasteiger partial charge on any atom is -0.0622 e. The van der Waals surface area contributed by atoms with Gasteiger partial charge in [0.15, 0.2) is 0 Å². The lowest BCUT2D eigenvalue weighted by atomic mass is 9.94. The molecule has 0 saturated carbocycles. The van der Waals surface area contributed by atoms with Gasteiger partial charge in [0.05, 0.1) is 0 Å². The molecule has 0 spiro atoms. The molecule has 2 aromatic rings. The molecule has 0 saturated heterocycles. The van der Waals surface area contributed by atoms with E-state index >= 15 is 0 Å². The Kier molecular flexibility index (Phi) is 3.76. The fourth-order valence-corrected chi connectivity index (χ4v) is 1.69. The van der Waals surface area contributed by atoms with E-state index in [1.54, 1.807) is 0 Å². The second kappa shape index (κ2) is 5.50. The van der Waals surface area contributed by atoms with Gasteiger partial charge in [-0.05, 0) is 36.8 Å². The first kappa shape index (κ1) is 10.9. The Bertz CT molecular complexity index is 403. The average Bonchev–Trinajstić information content (AvgIpc) is 2.38. The SMILES string of the molecule is [CH]C(C[CH]c1ccccc1)c1ccccc1. The van der Waals surface area contributed by atoms with Gasteiger partial charge in [-0.1, -0.05) is 60.7 Å². The minimum absolute atomic E-state index is 0.0846. The van der Waals surface area contributed by atoms with Crippen molar-refractivity contribution >= 4 is 0 Å². The molecule has 0 heterocycles. The van der Waals surface area contributed by atoms with Gasteiger partial charge in [0.2, 0.25) is 0 Å². The molecule has 0 bridgehead atoms. The highest BCUT2D eigenvalue weighted by Gasteiger charge is 2.05. The van der Waals surface area contributed by atoms with Crippen molar-refractivity contribution in [3.63, 3.8) is 0 Å². The van der Waals surface area contributed by atoms with Crippen LogP contribution in [0.15, 0.2) is 60.7 Å². The molecule has 1 atom stereocenters. The lowest BCUT2D eigenvalue weighted by Gasteiger charge is -2.10. The highest BCUT2D eigenvalue weighted by molar-refractivity contribution is 5.26. The van der Waals surface area contributed by atoms with Crippen LogP contribution >= 0.6 is 0 Å². The van der Waals surface area contributed by atoms with Crippen molar-refractivity contribution in [1.82, 2.24) is 0 Å². The van der Waals surface area contributed by atoms with E-state index < -0.39 is 0 Å². The third-order valence-corrected chi connectivity index (χ3v) is 2.63. The van der Waals surface area contributed by atoms with Gasteiger partial charge in [0.1, 0.15) is 0 Å². The molecule has 2 rings (SSSR count). The zero-order valence-electron chi connectivity index (χ0n) is 9.21. The maximum atomic E-state index is 6.11. The molecule has 79 valence electrons. The van der Waals surface area contributed by atoms with E-state index in [9.17, 15) is 0 Å². The molecule has 0 amide bonds. The number of rotatable bonds is 4. The molecule has 0 aliphatic carbocycles. The van der Waals surface area contributed by atoms with E-state index in [0.717, 1.165) is 6.42 Å². The van der Waals surface area contributed by atoms with E-state index in [1.807, 2.05) is 36.4 Å². The first-order valence-corrected chi connectivity index (χ1v) is 5.55. The van der Waals surface area contributed by atoms with Crippen LogP contribution in [0.25, 0.3) is 0 Å². The molecule has 3 radical (unpaired) electrons. The molecule has 0 aliphatic rings. The fourth-order valence-electron chi connectivity index (χ4n) is 1.69. The topological polar surface area (TPSA) is 0 Å². The molecule has 0 heteroatoms. The Morgan fingerprint density at radius 1 is 0.875 bits per heavy atom. The summed E-state index contributed by atoms with van der Waals surface area (Å²) in [6.45, 7) is 6.11. The van der Waals surface area contributed by atoms with Crippen LogP contribution in [0.1, 0.15) is 23.5 Å². The van der Waals surface area contributed by atoms with Crippen LogP contribution in [0.2, 0.25) is 0 Å². The maximum Gasteiger partial charge on any atom is -0.00869 e. The first-order chi connectivity index (χ1) is 7.86. The molecular weight excluding hydrogens is 192 g/mol. The van der Waals surface area contributed by atoms with E-state index in [0.29, 0.717) is 0 Å².